The first-order valence-corrected chi connectivity index (χ1v) is 7.66. The molecule has 0 amide bonds. The maximum absolute atomic E-state index is 2.37. The minimum absolute atomic E-state index is 0.437. The summed E-state index contributed by atoms with van der Waals surface area (Å²) in [6, 6.07) is 15.7. The van der Waals surface area contributed by atoms with Crippen molar-refractivity contribution < 1.29 is 0 Å². The third kappa shape index (κ3) is 2.43. The molecule has 1 aliphatic carbocycles. The molecule has 20 heavy (non-hydrogen) atoms. The molecule has 3 rings (SSSR count). The Morgan fingerprint density at radius 1 is 1.00 bits per heavy atom. The highest BCUT2D eigenvalue weighted by Crippen LogP contribution is 2.36. The maximum Gasteiger partial charge on any atom is 0.0281 e. The van der Waals surface area contributed by atoms with Crippen molar-refractivity contribution in [2.75, 3.05) is 0 Å². The Kier molecular flexibility index (Phi) is 3.73. The predicted octanol–water partition coefficient (Wildman–Crippen LogP) is 5.50. The first-order valence-electron chi connectivity index (χ1n) is 7.66. The molecule has 0 radical (unpaired) electrons. The van der Waals surface area contributed by atoms with Crippen LogP contribution in [0.5, 0.6) is 0 Å². The van der Waals surface area contributed by atoms with E-state index in [4.69, 9.17) is 0 Å². The topological polar surface area (TPSA) is 0 Å². The Bertz CT molecular complexity index is 634. The van der Waals surface area contributed by atoms with Gasteiger partial charge in [0.1, 0.15) is 0 Å². The highest BCUT2D eigenvalue weighted by molar-refractivity contribution is 5.65. The van der Waals surface area contributed by atoms with Crippen molar-refractivity contribution in [3.05, 3.63) is 76.4 Å². The van der Waals surface area contributed by atoms with E-state index in [0.717, 1.165) is 0 Å². The van der Waals surface area contributed by atoms with Crippen LogP contribution in [0, 0.1) is 6.92 Å². The molecule has 0 saturated carbocycles. The lowest BCUT2D eigenvalue weighted by atomic mass is 9.89. The van der Waals surface area contributed by atoms with Gasteiger partial charge in [0.05, 0.1) is 0 Å². The molecule has 0 aliphatic heterocycles. The molecule has 2 aromatic carbocycles. The first kappa shape index (κ1) is 13.2. The zero-order valence-electron chi connectivity index (χ0n) is 12.4. The molecule has 0 saturated heterocycles. The normalized spacial score (nSPS) is 16.4. The van der Waals surface area contributed by atoms with Crippen LogP contribution < -0.4 is 0 Å². The van der Waals surface area contributed by atoms with Crippen molar-refractivity contribution in [1.82, 2.24) is 0 Å². The van der Waals surface area contributed by atoms with Crippen molar-refractivity contribution in [2.24, 2.45) is 0 Å². The molecule has 0 heteroatoms. The molecule has 102 valence electrons. The molecular formula is C20H22. The SMILES string of the molecule is CCCCc1ccc(C2C=Cc3ccccc32)c(C)c1. The number of rotatable bonds is 4. The summed E-state index contributed by atoms with van der Waals surface area (Å²) in [6.07, 6.45) is 8.34. The number of benzene rings is 2. The van der Waals surface area contributed by atoms with Gasteiger partial charge in [-0.1, -0.05) is 68.0 Å². The zero-order valence-corrected chi connectivity index (χ0v) is 12.4. The highest BCUT2D eigenvalue weighted by atomic mass is 14.2. The monoisotopic (exact) mass is 262 g/mol. The summed E-state index contributed by atoms with van der Waals surface area (Å²) >= 11 is 0. The Morgan fingerprint density at radius 3 is 2.65 bits per heavy atom. The van der Waals surface area contributed by atoms with Crippen LogP contribution in [0.1, 0.15) is 53.5 Å². The van der Waals surface area contributed by atoms with Crippen molar-refractivity contribution in [1.29, 1.82) is 0 Å². The van der Waals surface area contributed by atoms with Gasteiger partial charge < -0.3 is 0 Å². The van der Waals surface area contributed by atoms with E-state index in [1.807, 2.05) is 0 Å². The number of unbranched alkanes of at least 4 members (excludes halogenated alkanes) is 1. The predicted molar refractivity (Wildman–Crippen MR) is 87.1 cm³/mol. The second-order valence-corrected chi connectivity index (χ2v) is 5.76. The third-order valence-corrected chi connectivity index (χ3v) is 4.29. The average molecular weight is 262 g/mol. The Hall–Kier alpha value is -1.82. The molecule has 2 aromatic rings. The van der Waals surface area contributed by atoms with Gasteiger partial charge in [-0.15, -0.1) is 0 Å². The molecular weight excluding hydrogens is 240 g/mol. The molecule has 0 nitrogen and oxygen atoms in total. The summed E-state index contributed by atoms with van der Waals surface area (Å²) in [5.74, 6) is 0.437. The summed E-state index contributed by atoms with van der Waals surface area (Å²) in [4.78, 5) is 0. The van der Waals surface area contributed by atoms with Gasteiger partial charge in [0.15, 0.2) is 0 Å². The van der Waals surface area contributed by atoms with E-state index >= 15 is 0 Å². The van der Waals surface area contributed by atoms with Gasteiger partial charge in [0, 0.05) is 5.92 Å². The summed E-state index contributed by atoms with van der Waals surface area (Å²) in [6.45, 7) is 4.50. The van der Waals surface area contributed by atoms with Crippen LogP contribution in [-0.4, -0.2) is 0 Å². The minimum Gasteiger partial charge on any atom is -0.0720 e. The van der Waals surface area contributed by atoms with Crippen molar-refractivity contribution in [2.45, 2.75) is 39.0 Å². The zero-order chi connectivity index (χ0) is 13.9. The van der Waals surface area contributed by atoms with Crippen LogP contribution in [0.3, 0.4) is 0 Å². The fourth-order valence-corrected chi connectivity index (χ4v) is 3.14. The number of hydrogen-bond acceptors (Lipinski definition) is 0. The molecule has 0 fully saturated rings. The second-order valence-electron chi connectivity index (χ2n) is 5.76. The lowest BCUT2D eigenvalue weighted by Crippen LogP contribution is -1.99. The number of fused-ring (bicyclic) bond motifs is 1. The van der Waals surface area contributed by atoms with Crippen LogP contribution in [0.4, 0.5) is 0 Å². The lowest BCUT2D eigenvalue weighted by molar-refractivity contribution is 0.793. The van der Waals surface area contributed by atoms with Gasteiger partial charge in [-0.25, -0.2) is 0 Å². The summed E-state index contributed by atoms with van der Waals surface area (Å²) in [5, 5.41) is 0. The number of allylic oxidation sites excluding steroid dienone is 1. The molecule has 1 aliphatic rings. The summed E-state index contributed by atoms with van der Waals surface area (Å²) < 4.78 is 0. The van der Waals surface area contributed by atoms with Crippen molar-refractivity contribution >= 4 is 6.08 Å². The van der Waals surface area contributed by atoms with E-state index in [2.05, 4.69) is 68.5 Å². The molecule has 0 bridgehead atoms. The van der Waals surface area contributed by atoms with Crippen molar-refractivity contribution in [3.8, 4) is 0 Å². The average Bonchev–Trinajstić information content (AvgIpc) is 2.89. The van der Waals surface area contributed by atoms with E-state index in [-0.39, 0.29) is 0 Å². The maximum atomic E-state index is 2.37. The van der Waals surface area contributed by atoms with Gasteiger partial charge in [-0.3, -0.25) is 0 Å². The minimum atomic E-state index is 0.437. The van der Waals surface area contributed by atoms with Gasteiger partial charge in [-0.2, -0.15) is 0 Å². The van der Waals surface area contributed by atoms with Gasteiger partial charge >= 0.3 is 0 Å². The molecule has 0 aromatic heterocycles. The molecule has 0 heterocycles. The molecule has 0 spiro atoms. The number of hydrogen-bond donors (Lipinski definition) is 0. The van der Waals surface area contributed by atoms with E-state index in [1.165, 1.54) is 47.1 Å². The van der Waals surface area contributed by atoms with Crippen molar-refractivity contribution in [3.63, 3.8) is 0 Å². The molecule has 1 unspecified atom stereocenters. The molecule has 1 atom stereocenters. The highest BCUT2D eigenvalue weighted by Gasteiger charge is 2.19. The fourth-order valence-electron chi connectivity index (χ4n) is 3.14. The molecule has 0 N–H and O–H groups in total. The fraction of sp³-hybridized carbons (Fsp3) is 0.300. The largest absolute Gasteiger partial charge is 0.0720 e. The Morgan fingerprint density at radius 2 is 1.85 bits per heavy atom. The number of aryl methyl sites for hydroxylation is 2. The lowest BCUT2D eigenvalue weighted by Gasteiger charge is -2.15. The van der Waals surface area contributed by atoms with Crippen LogP contribution in [-0.2, 0) is 6.42 Å². The third-order valence-electron chi connectivity index (χ3n) is 4.29. The Balaban J connectivity index is 1.91. The first-order chi connectivity index (χ1) is 9.79. The van der Waals surface area contributed by atoms with E-state index in [1.54, 1.807) is 0 Å². The van der Waals surface area contributed by atoms with Crippen LogP contribution in [0.15, 0.2) is 48.5 Å². The van der Waals surface area contributed by atoms with Crippen LogP contribution in [0.2, 0.25) is 0 Å². The quantitative estimate of drug-likeness (QED) is 0.683. The Labute approximate surface area is 122 Å². The summed E-state index contributed by atoms with van der Waals surface area (Å²) in [5.41, 5.74) is 7.16. The summed E-state index contributed by atoms with van der Waals surface area (Å²) in [7, 11) is 0. The van der Waals surface area contributed by atoms with Gasteiger partial charge in [0.2, 0.25) is 0 Å². The van der Waals surface area contributed by atoms with Gasteiger partial charge in [-0.05, 0) is 47.6 Å². The van der Waals surface area contributed by atoms with E-state index < -0.39 is 0 Å². The smallest absolute Gasteiger partial charge is 0.0281 e. The van der Waals surface area contributed by atoms with E-state index in [9.17, 15) is 0 Å². The van der Waals surface area contributed by atoms with Crippen LogP contribution >= 0.6 is 0 Å². The van der Waals surface area contributed by atoms with E-state index in [0.29, 0.717) is 5.92 Å². The van der Waals surface area contributed by atoms with Crippen LogP contribution in [0.25, 0.3) is 6.08 Å². The van der Waals surface area contributed by atoms with Gasteiger partial charge in [0.25, 0.3) is 0 Å². The second kappa shape index (κ2) is 5.66. The standard InChI is InChI=1S/C20H22/c1-3-4-7-16-10-12-18(15(2)14-16)20-13-11-17-8-5-6-9-19(17)20/h5-6,8-14,20H,3-4,7H2,1-2H3.